The van der Waals surface area contributed by atoms with Gasteiger partial charge in [-0.15, -0.1) is 11.3 Å². The number of hydrogen-bond acceptors (Lipinski definition) is 6. The number of thiophene rings is 1. The molecular weight excluding hydrogens is 442 g/mol. The van der Waals surface area contributed by atoms with Crippen molar-refractivity contribution >= 4 is 40.2 Å². The van der Waals surface area contributed by atoms with Gasteiger partial charge in [-0.25, -0.2) is 9.59 Å². The zero-order valence-corrected chi connectivity index (χ0v) is 19.7. The van der Waals surface area contributed by atoms with Crippen LogP contribution in [0.2, 0.25) is 0 Å². The van der Waals surface area contributed by atoms with Gasteiger partial charge in [-0.05, 0) is 42.7 Å². The Morgan fingerprint density at radius 1 is 1.27 bits per heavy atom. The van der Waals surface area contributed by atoms with Crippen LogP contribution in [0.5, 0.6) is 0 Å². The third-order valence-corrected chi connectivity index (χ3v) is 7.60. The SMILES string of the molecule is CCC1(c2ccccc2)NC(=O)N(CC(=O)Nc2sc3c(c2C(=O)OC)CCC(C)C3)C1=O. The number of benzene rings is 1. The Balaban J connectivity index is 1.56. The molecule has 4 rings (SSSR count). The van der Waals surface area contributed by atoms with Gasteiger partial charge in [-0.2, -0.15) is 0 Å². The molecule has 4 amide bonds. The first-order valence-corrected chi connectivity index (χ1v) is 11.8. The first-order chi connectivity index (χ1) is 15.8. The van der Waals surface area contributed by atoms with Crippen LogP contribution in [-0.2, 0) is 32.7 Å². The number of ether oxygens (including phenoxy) is 1. The van der Waals surface area contributed by atoms with Gasteiger partial charge in [0, 0.05) is 4.88 Å². The minimum atomic E-state index is -1.20. The molecule has 1 saturated heterocycles. The summed E-state index contributed by atoms with van der Waals surface area (Å²) in [5.74, 6) is -1.02. The van der Waals surface area contributed by atoms with E-state index in [0.29, 0.717) is 28.5 Å². The normalized spacial score (nSPS) is 22.0. The van der Waals surface area contributed by atoms with E-state index in [4.69, 9.17) is 4.74 Å². The van der Waals surface area contributed by atoms with Gasteiger partial charge < -0.3 is 15.4 Å². The Bertz CT molecular complexity index is 1110. The number of urea groups is 1. The number of nitrogens with zero attached hydrogens (tertiary/aromatic N) is 1. The van der Waals surface area contributed by atoms with Crippen LogP contribution in [-0.4, -0.2) is 42.4 Å². The molecule has 1 aliphatic heterocycles. The smallest absolute Gasteiger partial charge is 0.341 e. The molecule has 1 aliphatic carbocycles. The molecule has 0 bridgehead atoms. The second-order valence-corrected chi connectivity index (χ2v) is 9.65. The third-order valence-electron chi connectivity index (χ3n) is 6.43. The lowest BCUT2D eigenvalue weighted by Crippen LogP contribution is -2.44. The topological polar surface area (TPSA) is 105 Å². The monoisotopic (exact) mass is 469 g/mol. The number of methoxy groups -OCH3 is 1. The molecule has 0 spiro atoms. The van der Waals surface area contributed by atoms with Crippen LogP contribution >= 0.6 is 11.3 Å². The lowest BCUT2D eigenvalue weighted by Gasteiger charge is -2.25. The van der Waals surface area contributed by atoms with Crippen LogP contribution in [0.3, 0.4) is 0 Å². The van der Waals surface area contributed by atoms with E-state index in [1.165, 1.54) is 18.4 Å². The second-order valence-electron chi connectivity index (χ2n) is 8.54. The van der Waals surface area contributed by atoms with E-state index in [-0.39, 0.29) is 0 Å². The summed E-state index contributed by atoms with van der Waals surface area (Å²) in [5.41, 5.74) is 0.766. The molecule has 2 heterocycles. The number of carbonyl (C=O) groups excluding carboxylic acids is 4. The Morgan fingerprint density at radius 2 is 2.00 bits per heavy atom. The fourth-order valence-corrected chi connectivity index (χ4v) is 6.01. The summed E-state index contributed by atoms with van der Waals surface area (Å²) < 4.78 is 4.96. The van der Waals surface area contributed by atoms with Crippen molar-refractivity contribution in [3.05, 3.63) is 51.9 Å². The second kappa shape index (κ2) is 8.97. The molecule has 1 aromatic heterocycles. The number of fused-ring (bicyclic) bond motifs is 1. The van der Waals surface area contributed by atoms with E-state index in [0.717, 1.165) is 34.6 Å². The number of imide groups is 1. The summed E-state index contributed by atoms with van der Waals surface area (Å²) in [6.07, 6.45) is 2.89. The number of esters is 1. The molecule has 174 valence electrons. The van der Waals surface area contributed by atoms with Gasteiger partial charge in [0.05, 0.1) is 12.7 Å². The predicted molar refractivity (Wildman–Crippen MR) is 124 cm³/mol. The Hall–Kier alpha value is -3.20. The highest BCUT2D eigenvalue weighted by Crippen LogP contribution is 2.40. The fourth-order valence-electron chi connectivity index (χ4n) is 4.60. The molecule has 2 aromatic rings. The Morgan fingerprint density at radius 3 is 2.67 bits per heavy atom. The molecular formula is C24H27N3O5S. The highest BCUT2D eigenvalue weighted by molar-refractivity contribution is 7.17. The van der Waals surface area contributed by atoms with Gasteiger partial charge in [-0.1, -0.05) is 44.2 Å². The van der Waals surface area contributed by atoms with Crippen LogP contribution in [0, 0.1) is 5.92 Å². The summed E-state index contributed by atoms with van der Waals surface area (Å²) in [7, 11) is 1.31. The number of amides is 4. The maximum atomic E-state index is 13.3. The minimum absolute atomic E-state index is 0.349. The first kappa shape index (κ1) is 23.0. The van der Waals surface area contributed by atoms with E-state index in [1.54, 1.807) is 24.3 Å². The molecule has 0 radical (unpaired) electrons. The molecule has 0 saturated carbocycles. The fraction of sp³-hybridized carbons (Fsp3) is 0.417. The number of hydrogen-bond donors (Lipinski definition) is 2. The van der Waals surface area contributed by atoms with Crippen LogP contribution < -0.4 is 10.6 Å². The van der Waals surface area contributed by atoms with E-state index >= 15 is 0 Å². The van der Waals surface area contributed by atoms with Crippen molar-refractivity contribution in [2.24, 2.45) is 5.92 Å². The van der Waals surface area contributed by atoms with Gasteiger partial charge in [-0.3, -0.25) is 14.5 Å². The lowest BCUT2D eigenvalue weighted by molar-refractivity contribution is -0.134. The van der Waals surface area contributed by atoms with Crippen LogP contribution in [0.4, 0.5) is 9.80 Å². The summed E-state index contributed by atoms with van der Waals surface area (Å²) in [4.78, 5) is 53.3. The van der Waals surface area contributed by atoms with Crippen molar-refractivity contribution in [1.29, 1.82) is 0 Å². The van der Waals surface area contributed by atoms with Crippen molar-refractivity contribution in [1.82, 2.24) is 10.2 Å². The zero-order chi connectivity index (χ0) is 23.8. The number of anilines is 1. The number of carbonyl (C=O) groups is 4. The quantitative estimate of drug-likeness (QED) is 0.498. The standard InChI is InChI=1S/C24H27N3O5S/c1-4-24(15-8-6-5-7-9-15)22(30)27(23(31)26-24)13-18(28)25-20-19(21(29)32-3)16-11-10-14(2)12-17(16)33-20/h5-9,14H,4,10-13H2,1-3H3,(H,25,28)(H,26,31). The molecule has 9 heteroatoms. The molecule has 2 unspecified atom stereocenters. The highest BCUT2D eigenvalue weighted by atomic mass is 32.1. The Kier molecular flexibility index (Phi) is 6.25. The average molecular weight is 470 g/mol. The van der Waals surface area contributed by atoms with E-state index in [2.05, 4.69) is 17.6 Å². The van der Waals surface area contributed by atoms with Crippen molar-refractivity contribution in [2.75, 3.05) is 19.0 Å². The van der Waals surface area contributed by atoms with Gasteiger partial charge in [0.25, 0.3) is 5.91 Å². The van der Waals surface area contributed by atoms with Crippen LogP contribution in [0.1, 0.15) is 53.1 Å². The first-order valence-electron chi connectivity index (χ1n) is 11.0. The maximum absolute atomic E-state index is 13.3. The van der Waals surface area contributed by atoms with Crippen LogP contribution in [0.15, 0.2) is 30.3 Å². The van der Waals surface area contributed by atoms with Crippen molar-refractivity contribution < 1.29 is 23.9 Å². The third kappa shape index (κ3) is 4.01. The van der Waals surface area contributed by atoms with E-state index < -0.39 is 35.9 Å². The molecule has 2 N–H and O–H groups in total. The van der Waals surface area contributed by atoms with E-state index in [9.17, 15) is 19.2 Å². The van der Waals surface area contributed by atoms with Crippen molar-refractivity contribution in [3.8, 4) is 0 Å². The number of rotatable bonds is 6. The summed E-state index contributed by atoms with van der Waals surface area (Å²) >= 11 is 1.36. The predicted octanol–water partition coefficient (Wildman–Crippen LogP) is 3.46. The Labute approximate surface area is 196 Å². The van der Waals surface area contributed by atoms with Crippen molar-refractivity contribution in [2.45, 2.75) is 45.1 Å². The maximum Gasteiger partial charge on any atom is 0.341 e. The lowest BCUT2D eigenvalue weighted by atomic mass is 9.87. The zero-order valence-electron chi connectivity index (χ0n) is 18.9. The highest BCUT2D eigenvalue weighted by Gasteiger charge is 2.51. The molecule has 2 atom stereocenters. The summed E-state index contributed by atoms with van der Waals surface area (Å²) in [6.45, 7) is 3.52. The summed E-state index contributed by atoms with van der Waals surface area (Å²) in [5, 5.41) is 5.93. The molecule has 2 aliphatic rings. The minimum Gasteiger partial charge on any atom is -0.465 e. The molecule has 1 fully saturated rings. The van der Waals surface area contributed by atoms with Gasteiger partial charge in [0.2, 0.25) is 5.91 Å². The summed E-state index contributed by atoms with van der Waals surface area (Å²) in [6, 6.07) is 8.38. The van der Waals surface area contributed by atoms with E-state index in [1.807, 2.05) is 13.0 Å². The number of nitrogens with one attached hydrogen (secondary N) is 2. The van der Waals surface area contributed by atoms with Gasteiger partial charge in [0.15, 0.2) is 0 Å². The van der Waals surface area contributed by atoms with Gasteiger partial charge in [0.1, 0.15) is 17.1 Å². The van der Waals surface area contributed by atoms with Crippen LogP contribution in [0.25, 0.3) is 0 Å². The molecule has 33 heavy (non-hydrogen) atoms. The molecule has 1 aromatic carbocycles. The van der Waals surface area contributed by atoms with Crippen molar-refractivity contribution in [3.63, 3.8) is 0 Å². The van der Waals surface area contributed by atoms with Gasteiger partial charge >= 0.3 is 12.0 Å². The average Bonchev–Trinajstić information content (AvgIpc) is 3.28. The largest absolute Gasteiger partial charge is 0.465 e. The molecule has 8 nitrogen and oxygen atoms in total.